The molecule has 0 unspecified atom stereocenters. The number of nitrogens with zero attached hydrogens (tertiary/aromatic N) is 3. The standard InChI is InChI=1S/C17H28N4O3/c1-11-9-20(14-8-7-13(23-6)15(18)19-14)10-12(2)21(11)16(22)24-17(3,4)5/h7-8,11-12H,9-10H2,1-6H3,(H2,18,19)/t11-,12+. The quantitative estimate of drug-likeness (QED) is 0.894. The van der Waals surface area contributed by atoms with Gasteiger partial charge >= 0.3 is 6.09 Å². The van der Waals surface area contributed by atoms with Crippen LogP contribution in [-0.2, 0) is 4.74 Å². The van der Waals surface area contributed by atoms with Gasteiger partial charge in [-0.1, -0.05) is 0 Å². The number of rotatable bonds is 2. The Morgan fingerprint density at radius 1 is 1.25 bits per heavy atom. The first-order valence-corrected chi connectivity index (χ1v) is 8.19. The number of amides is 1. The second kappa shape index (κ2) is 6.75. The summed E-state index contributed by atoms with van der Waals surface area (Å²) in [5.41, 5.74) is 5.41. The van der Waals surface area contributed by atoms with Crippen molar-refractivity contribution in [3.63, 3.8) is 0 Å². The zero-order valence-corrected chi connectivity index (χ0v) is 15.4. The lowest BCUT2D eigenvalue weighted by atomic mass is 10.1. The van der Waals surface area contributed by atoms with Crippen molar-refractivity contribution < 1.29 is 14.3 Å². The Bertz CT molecular complexity index is 588. The molecule has 2 N–H and O–H groups in total. The minimum absolute atomic E-state index is 0.00808. The number of carbonyl (C=O) groups is 1. The minimum Gasteiger partial charge on any atom is -0.493 e. The average Bonchev–Trinajstić information content (AvgIpc) is 2.44. The highest BCUT2D eigenvalue weighted by atomic mass is 16.6. The summed E-state index contributed by atoms with van der Waals surface area (Å²) in [6, 6.07) is 3.72. The summed E-state index contributed by atoms with van der Waals surface area (Å²) in [7, 11) is 1.57. The van der Waals surface area contributed by atoms with Gasteiger partial charge in [0.25, 0.3) is 0 Å². The molecule has 1 amide bonds. The van der Waals surface area contributed by atoms with Crippen LogP contribution >= 0.6 is 0 Å². The summed E-state index contributed by atoms with van der Waals surface area (Å²) in [4.78, 5) is 20.8. The lowest BCUT2D eigenvalue weighted by Crippen LogP contribution is -2.59. The van der Waals surface area contributed by atoms with E-state index in [1.165, 1.54) is 0 Å². The SMILES string of the molecule is COc1ccc(N2C[C@@H](C)N(C(=O)OC(C)(C)C)[C@@H](C)C2)nc1N. The molecule has 1 aromatic heterocycles. The Hall–Kier alpha value is -2.18. The van der Waals surface area contributed by atoms with Crippen molar-refractivity contribution in [2.24, 2.45) is 0 Å². The topological polar surface area (TPSA) is 80.9 Å². The second-order valence-electron chi connectivity index (χ2n) is 7.25. The maximum Gasteiger partial charge on any atom is 0.410 e. The Balaban J connectivity index is 2.12. The Morgan fingerprint density at radius 2 is 1.83 bits per heavy atom. The van der Waals surface area contributed by atoms with E-state index in [0.717, 1.165) is 5.82 Å². The van der Waals surface area contributed by atoms with Crippen LogP contribution in [0.4, 0.5) is 16.4 Å². The van der Waals surface area contributed by atoms with E-state index in [2.05, 4.69) is 9.88 Å². The third-order valence-corrected chi connectivity index (χ3v) is 3.94. The normalized spacial score (nSPS) is 21.6. The highest BCUT2D eigenvalue weighted by Gasteiger charge is 2.36. The molecular formula is C17H28N4O3. The number of nitrogen functional groups attached to an aromatic ring is 1. The molecule has 0 spiro atoms. The Kier molecular flexibility index (Phi) is 5.11. The van der Waals surface area contributed by atoms with Gasteiger partial charge in [-0.3, -0.25) is 4.90 Å². The average molecular weight is 336 g/mol. The van der Waals surface area contributed by atoms with E-state index in [1.807, 2.05) is 46.8 Å². The molecule has 0 aliphatic carbocycles. The van der Waals surface area contributed by atoms with Gasteiger partial charge in [-0.25, -0.2) is 9.78 Å². The van der Waals surface area contributed by atoms with Gasteiger partial charge in [-0.05, 0) is 46.8 Å². The van der Waals surface area contributed by atoms with E-state index in [-0.39, 0.29) is 18.2 Å². The van der Waals surface area contributed by atoms with Gasteiger partial charge in [0.1, 0.15) is 11.4 Å². The highest BCUT2D eigenvalue weighted by Crippen LogP contribution is 2.27. The molecule has 0 radical (unpaired) electrons. The predicted octanol–water partition coefficient (Wildman–Crippen LogP) is 2.51. The number of carbonyl (C=O) groups excluding carboxylic acids is 1. The molecule has 7 nitrogen and oxygen atoms in total. The van der Waals surface area contributed by atoms with E-state index in [9.17, 15) is 4.79 Å². The van der Waals surface area contributed by atoms with E-state index >= 15 is 0 Å². The maximum absolute atomic E-state index is 12.4. The van der Waals surface area contributed by atoms with Crippen LogP contribution in [0.25, 0.3) is 0 Å². The summed E-state index contributed by atoms with van der Waals surface area (Å²) in [6.07, 6.45) is -0.274. The van der Waals surface area contributed by atoms with Gasteiger partial charge in [0.15, 0.2) is 11.6 Å². The molecule has 1 aliphatic heterocycles. The van der Waals surface area contributed by atoms with Gasteiger partial charge in [-0.15, -0.1) is 0 Å². The van der Waals surface area contributed by atoms with E-state index in [4.69, 9.17) is 15.2 Å². The van der Waals surface area contributed by atoms with Gasteiger partial charge in [0, 0.05) is 13.1 Å². The first kappa shape index (κ1) is 18.2. The molecule has 1 fully saturated rings. The molecule has 0 bridgehead atoms. The number of ether oxygens (including phenoxy) is 2. The summed E-state index contributed by atoms with van der Waals surface area (Å²) < 4.78 is 10.7. The number of hydrogen-bond acceptors (Lipinski definition) is 6. The van der Waals surface area contributed by atoms with Crippen LogP contribution in [0.3, 0.4) is 0 Å². The third-order valence-electron chi connectivity index (χ3n) is 3.94. The van der Waals surface area contributed by atoms with Crippen molar-refractivity contribution in [3.05, 3.63) is 12.1 Å². The van der Waals surface area contributed by atoms with Crippen LogP contribution in [0.15, 0.2) is 12.1 Å². The van der Waals surface area contributed by atoms with Crippen molar-refractivity contribution in [2.75, 3.05) is 30.8 Å². The highest BCUT2D eigenvalue weighted by molar-refractivity contribution is 5.69. The number of pyridine rings is 1. The fourth-order valence-electron chi connectivity index (χ4n) is 2.98. The fraction of sp³-hybridized carbons (Fsp3) is 0.647. The van der Waals surface area contributed by atoms with Crippen molar-refractivity contribution >= 4 is 17.7 Å². The molecule has 1 aliphatic rings. The van der Waals surface area contributed by atoms with Gasteiger partial charge in [-0.2, -0.15) is 0 Å². The summed E-state index contributed by atoms with van der Waals surface area (Å²) in [5.74, 6) is 1.72. The minimum atomic E-state index is -0.500. The van der Waals surface area contributed by atoms with Gasteiger partial charge in [0.05, 0.1) is 19.2 Å². The number of hydrogen-bond donors (Lipinski definition) is 1. The van der Waals surface area contributed by atoms with Crippen LogP contribution in [0.2, 0.25) is 0 Å². The number of aromatic nitrogens is 1. The molecule has 2 atom stereocenters. The molecule has 24 heavy (non-hydrogen) atoms. The van der Waals surface area contributed by atoms with Crippen LogP contribution in [0.5, 0.6) is 5.75 Å². The molecule has 134 valence electrons. The van der Waals surface area contributed by atoms with Gasteiger partial charge in [0.2, 0.25) is 0 Å². The number of methoxy groups -OCH3 is 1. The molecule has 2 heterocycles. The lowest BCUT2D eigenvalue weighted by Gasteiger charge is -2.44. The summed E-state index contributed by atoms with van der Waals surface area (Å²) in [5, 5.41) is 0. The van der Waals surface area contributed by atoms with Crippen LogP contribution in [0, 0.1) is 0 Å². The zero-order valence-electron chi connectivity index (χ0n) is 15.4. The third kappa shape index (κ3) is 4.01. The Labute approximate surface area is 143 Å². The van der Waals surface area contributed by atoms with E-state index in [0.29, 0.717) is 24.7 Å². The largest absolute Gasteiger partial charge is 0.493 e. The molecule has 0 aromatic carbocycles. The van der Waals surface area contributed by atoms with Crippen molar-refractivity contribution in [1.29, 1.82) is 0 Å². The zero-order chi connectivity index (χ0) is 18.1. The van der Waals surface area contributed by atoms with E-state index in [1.54, 1.807) is 12.0 Å². The van der Waals surface area contributed by atoms with Crippen LogP contribution in [0.1, 0.15) is 34.6 Å². The molecule has 1 saturated heterocycles. The summed E-state index contributed by atoms with van der Waals surface area (Å²) >= 11 is 0. The molecule has 2 rings (SSSR count). The van der Waals surface area contributed by atoms with Crippen molar-refractivity contribution in [1.82, 2.24) is 9.88 Å². The fourth-order valence-corrected chi connectivity index (χ4v) is 2.98. The Morgan fingerprint density at radius 3 is 2.29 bits per heavy atom. The molecular weight excluding hydrogens is 308 g/mol. The predicted molar refractivity (Wildman–Crippen MR) is 94.4 cm³/mol. The molecule has 1 aromatic rings. The molecule has 7 heteroatoms. The molecule has 0 saturated carbocycles. The van der Waals surface area contributed by atoms with Crippen molar-refractivity contribution in [2.45, 2.75) is 52.3 Å². The second-order valence-corrected chi connectivity index (χ2v) is 7.25. The first-order valence-electron chi connectivity index (χ1n) is 8.19. The number of anilines is 2. The smallest absolute Gasteiger partial charge is 0.410 e. The van der Waals surface area contributed by atoms with Crippen LogP contribution in [-0.4, -0.2) is 53.9 Å². The monoisotopic (exact) mass is 336 g/mol. The van der Waals surface area contributed by atoms with Gasteiger partial charge < -0.3 is 20.1 Å². The van der Waals surface area contributed by atoms with Crippen molar-refractivity contribution in [3.8, 4) is 5.75 Å². The van der Waals surface area contributed by atoms with Crippen LogP contribution < -0.4 is 15.4 Å². The number of nitrogens with two attached hydrogens (primary N) is 1. The maximum atomic E-state index is 12.4. The lowest BCUT2D eigenvalue weighted by molar-refractivity contribution is 0.00561. The summed E-state index contributed by atoms with van der Waals surface area (Å²) in [6.45, 7) is 11.0. The first-order chi connectivity index (χ1) is 11.1. The van der Waals surface area contributed by atoms with E-state index < -0.39 is 5.60 Å². The number of piperazine rings is 1.